The molecule has 0 spiro atoms. The van der Waals surface area contributed by atoms with Crippen molar-refractivity contribution >= 4 is 5.91 Å². The molecule has 0 aromatic heterocycles. The van der Waals surface area contributed by atoms with Crippen LogP contribution >= 0.6 is 0 Å². The first-order valence-corrected chi connectivity index (χ1v) is 7.19. The topological polar surface area (TPSA) is 38.3 Å². The number of hydrogen-bond donors (Lipinski definition) is 1. The lowest BCUT2D eigenvalue weighted by molar-refractivity contribution is 0.0939. The Hall–Kier alpha value is -2.29. The minimum Gasteiger partial charge on any atom is -0.491 e. The van der Waals surface area contributed by atoms with Gasteiger partial charge in [0.15, 0.2) is 0 Å². The quantitative estimate of drug-likeness (QED) is 0.901. The molecule has 3 nitrogen and oxygen atoms in total. The first kappa shape index (κ1) is 15.1. The van der Waals surface area contributed by atoms with Crippen LogP contribution in [0, 0.1) is 0 Å². The van der Waals surface area contributed by atoms with Gasteiger partial charge in [-0.2, -0.15) is 0 Å². The highest BCUT2D eigenvalue weighted by molar-refractivity contribution is 5.94. The molecule has 0 fully saturated rings. The van der Waals surface area contributed by atoms with Gasteiger partial charge in [-0.15, -0.1) is 0 Å². The highest BCUT2D eigenvalue weighted by Crippen LogP contribution is 2.17. The van der Waals surface area contributed by atoms with Crippen LogP contribution in [0.15, 0.2) is 54.6 Å². The molecule has 21 heavy (non-hydrogen) atoms. The lowest BCUT2D eigenvalue weighted by atomic mass is 10.1. The van der Waals surface area contributed by atoms with Crippen LogP contribution in [0.3, 0.4) is 0 Å². The van der Waals surface area contributed by atoms with Crippen molar-refractivity contribution in [1.82, 2.24) is 5.32 Å². The number of ether oxygens (including phenoxy) is 1. The van der Waals surface area contributed by atoms with E-state index in [1.807, 2.05) is 63.2 Å². The van der Waals surface area contributed by atoms with E-state index >= 15 is 0 Å². The van der Waals surface area contributed by atoms with Gasteiger partial charge in [-0.1, -0.05) is 36.4 Å². The van der Waals surface area contributed by atoms with E-state index in [0.29, 0.717) is 11.3 Å². The van der Waals surface area contributed by atoms with Crippen molar-refractivity contribution < 1.29 is 9.53 Å². The highest BCUT2D eigenvalue weighted by Gasteiger charge is 2.12. The van der Waals surface area contributed by atoms with Crippen molar-refractivity contribution in [2.24, 2.45) is 0 Å². The molecule has 0 heterocycles. The fourth-order valence-corrected chi connectivity index (χ4v) is 2.09. The average molecular weight is 283 g/mol. The summed E-state index contributed by atoms with van der Waals surface area (Å²) in [5.74, 6) is 0.616. The fourth-order valence-electron chi connectivity index (χ4n) is 2.09. The molecule has 0 aliphatic rings. The molecule has 2 aromatic rings. The lowest BCUT2D eigenvalue weighted by Gasteiger charge is -2.15. The molecule has 3 heteroatoms. The average Bonchev–Trinajstić information content (AvgIpc) is 2.47. The molecule has 0 saturated carbocycles. The Bertz CT molecular complexity index is 593. The number of carbonyl (C=O) groups excluding carboxylic acids is 1. The van der Waals surface area contributed by atoms with Gasteiger partial charge in [0.05, 0.1) is 12.1 Å². The molecule has 2 aromatic carbocycles. The number of rotatable bonds is 5. The first-order chi connectivity index (χ1) is 10.1. The Kier molecular flexibility index (Phi) is 4.99. The summed E-state index contributed by atoms with van der Waals surface area (Å²) in [6.07, 6.45) is 0.0894. The third-order valence-electron chi connectivity index (χ3n) is 3.12. The van der Waals surface area contributed by atoms with Gasteiger partial charge in [-0.25, -0.2) is 0 Å². The largest absolute Gasteiger partial charge is 0.491 e. The van der Waals surface area contributed by atoms with Gasteiger partial charge in [0.25, 0.3) is 5.91 Å². The molecule has 0 aliphatic heterocycles. The Morgan fingerprint density at radius 1 is 1.00 bits per heavy atom. The summed E-state index contributed by atoms with van der Waals surface area (Å²) in [5.41, 5.74) is 1.69. The normalized spacial score (nSPS) is 12.0. The predicted molar refractivity (Wildman–Crippen MR) is 84.5 cm³/mol. The highest BCUT2D eigenvalue weighted by atomic mass is 16.5. The van der Waals surface area contributed by atoms with E-state index in [0.717, 1.165) is 5.56 Å². The smallest absolute Gasteiger partial charge is 0.251 e. The second-order valence-corrected chi connectivity index (χ2v) is 5.30. The van der Waals surface area contributed by atoms with Crippen LogP contribution < -0.4 is 10.1 Å². The molecular formula is C18H21NO2. The second-order valence-electron chi connectivity index (χ2n) is 5.30. The van der Waals surface area contributed by atoms with Gasteiger partial charge >= 0.3 is 0 Å². The molecular weight excluding hydrogens is 262 g/mol. The number of amides is 1. The van der Waals surface area contributed by atoms with Crippen molar-refractivity contribution in [3.63, 3.8) is 0 Å². The maximum Gasteiger partial charge on any atom is 0.251 e. The van der Waals surface area contributed by atoms with Crippen LogP contribution in [0.4, 0.5) is 0 Å². The van der Waals surface area contributed by atoms with Crippen LogP contribution in [0.2, 0.25) is 0 Å². The van der Waals surface area contributed by atoms with Gasteiger partial charge < -0.3 is 10.1 Å². The van der Waals surface area contributed by atoms with Crippen LogP contribution in [0.5, 0.6) is 5.75 Å². The first-order valence-electron chi connectivity index (χ1n) is 7.19. The second kappa shape index (κ2) is 6.93. The summed E-state index contributed by atoms with van der Waals surface area (Å²) in [6.45, 7) is 5.90. The molecule has 1 atom stereocenters. The van der Waals surface area contributed by atoms with Gasteiger partial charge in [0.1, 0.15) is 5.75 Å². The Morgan fingerprint density at radius 3 is 2.38 bits per heavy atom. The standard InChI is InChI=1S/C18H21NO2/c1-13(2)21-17-11-7-10-16(12-17)18(20)19-14(3)15-8-5-4-6-9-15/h4-14H,1-3H3,(H,19,20). The summed E-state index contributed by atoms with van der Waals surface area (Å²) < 4.78 is 5.61. The van der Waals surface area contributed by atoms with E-state index in [4.69, 9.17) is 4.74 Å². The summed E-state index contributed by atoms with van der Waals surface area (Å²) in [5, 5.41) is 3.00. The van der Waals surface area contributed by atoms with Crippen LogP contribution in [-0.2, 0) is 0 Å². The zero-order valence-corrected chi connectivity index (χ0v) is 12.7. The van der Waals surface area contributed by atoms with Gasteiger partial charge in [-0.3, -0.25) is 4.79 Å². The third-order valence-corrected chi connectivity index (χ3v) is 3.12. The third kappa shape index (κ3) is 4.35. The van der Waals surface area contributed by atoms with Crippen molar-refractivity contribution in [3.8, 4) is 5.75 Å². The minimum absolute atomic E-state index is 0.0339. The van der Waals surface area contributed by atoms with Gasteiger partial charge in [0, 0.05) is 5.56 Å². The van der Waals surface area contributed by atoms with Crippen LogP contribution in [0.1, 0.15) is 42.7 Å². The number of benzene rings is 2. The van der Waals surface area contributed by atoms with Gasteiger partial charge in [0.2, 0.25) is 0 Å². The lowest BCUT2D eigenvalue weighted by Crippen LogP contribution is -2.26. The molecule has 0 aliphatic carbocycles. The Labute approximate surface area is 126 Å². The summed E-state index contributed by atoms with van der Waals surface area (Å²) >= 11 is 0. The Balaban J connectivity index is 2.06. The summed E-state index contributed by atoms with van der Waals surface area (Å²) in [6, 6.07) is 17.1. The minimum atomic E-state index is -0.0967. The van der Waals surface area contributed by atoms with Crippen LogP contribution in [0.25, 0.3) is 0 Å². The van der Waals surface area contributed by atoms with E-state index in [1.54, 1.807) is 12.1 Å². The van der Waals surface area contributed by atoms with E-state index in [2.05, 4.69) is 5.32 Å². The Morgan fingerprint density at radius 2 is 1.71 bits per heavy atom. The molecule has 0 bridgehead atoms. The molecule has 2 rings (SSSR count). The van der Waals surface area contributed by atoms with E-state index in [1.165, 1.54) is 0 Å². The van der Waals surface area contributed by atoms with Crippen molar-refractivity contribution in [2.45, 2.75) is 32.9 Å². The number of carbonyl (C=O) groups is 1. The SMILES string of the molecule is CC(C)Oc1cccc(C(=O)NC(C)c2ccccc2)c1. The number of nitrogens with one attached hydrogen (secondary N) is 1. The van der Waals surface area contributed by atoms with E-state index in [-0.39, 0.29) is 18.1 Å². The maximum absolute atomic E-state index is 12.3. The van der Waals surface area contributed by atoms with E-state index < -0.39 is 0 Å². The van der Waals surface area contributed by atoms with Crippen molar-refractivity contribution in [1.29, 1.82) is 0 Å². The number of hydrogen-bond acceptors (Lipinski definition) is 2. The molecule has 0 radical (unpaired) electrons. The van der Waals surface area contributed by atoms with E-state index in [9.17, 15) is 4.79 Å². The molecule has 1 N–H and O–H groups in total. The van der Waals surface area contributed by atoms with Crippen molar-refractivity contribution in [3.05, 3.63) is 65.7 Å². The molecule has 110 valence electrons. The molecule has 1 unspecified atom stereocenters. The van der Waals surface area contributed by atoms with Crippen LogP contribution in [-0.4, -0.2) is 12.0 Å². The van der Waals surface area contributed by atoms with Gasteiger partial charge in [-0.05, 0) is 44.5 Å². The predicted octanol–water partition coefficient (Wildman–Crippen LogP) is 3.96. The molecule has 1 amide bonds. The van der Waals surface area contributed by atoms with Crippen molar-refractivity contribution in [2.75, 3.05) is 0 Å². The summed E-state index contributed by atoms with van der Waals surface area (Å²) in [7, 11) is 0. The zero-order valence-electron chi connectivity index (χ0n) is 12.7. The maximum atomic E-state index is 12.3. The monoisotopic (exact) mass is 283 g/mol. The molecule has 0 saturated heterocycles. The zero-order chi connectivity index (χ0) is 15.2. The fraction of sp³-hybridized carbons (Fsp3) is 0.278. The summed E-state index contributed by atoms with van der Waals surface area (Å²) in [4.78, 5) is 12.3.